The number of carbonyl (C=O) groups is 2. The number of alkyl halides is 9. The van der Waals surface area contributed by atoms with Crippen molar-refractivity contribution in [3.8, 4) is 5.75 Å². The van der Waals surface area contributed by atoms with Crippen LogP contribution in [0.15, 0.2) is 24.3 Å². The van der Waals surface area contributed by atoms with Crippen LogP contribution >= 0.6 is 0 Å². The summed E-state index contributed by atoms with van der Waals surface area (Å²) in [5, 5.41) is 9.00. The number of aliphatic hydroxyl groups is 1. The van der Waals surface area contributed by atoms with Gasteiger partial charge in [-0.05, 0) is 94.2 Å². The molecule has 19 heteroatoms. The highest BCUT2D eigenvalue weighted by molar-refractivity contribution is 7.85. The summed E-state index contributed by atoms with van der Waals surface area (Å²) in [7, 11) is -5.02. The zero-order valence-corrected chi connectivity index (χ0v) is 30.6. The highest BCUT2D eigenvalue weighted by Crippen LogP contribution is 2.63. The number of ether oxygens (including phenoxy) is 3. The first-order chi connectivity index (χ1) is 23.9. The molecule has 5 rings (SSSR count). The Morgan fingerprint density at radius 2 is 1.49 bits per heavy atom. The number of carbonyl (C=O) groups excluding carboxylic acids is 2. The summed E-state index contributed by atoms with van der Waals surface area (Å²) < 4.78 is 161. The van der Waals surface area contributed by atoms with Gasteiger partial charge >= 0.3 is 30.5 Å². The van der Waals surface area contributed by atoms with E-state index in [1.165, 1.54) is 18.2 Å². The Morgan fingerprint density at radius 1 is 0.943 bits per heavy atom. The minimum absolute atomic E-state index is 0.0113. The molecule has 4 fully saturated rings. The lowest BCUT2D eigenvalue weighted by Gasteiger charge is -2.60. The second-order valence-corrected chi connectivity index (χ2v) is 16.8. The molecule has 4 bridgehead atoms. The van der Waals surface area contributed by atoms with Gasteiger partial charge in [0.25, 0.3) is 15.7 Å². The van der Waals surface area contributed by atoms with Gasteiger partial charge < -0.3 is 19.3 Å². The van der Waals surface area contributed by atoms with Crippen LogP contribution < -0.4 is 4.74 Å². The van der Waals surface area contributed by atoms with Gasteiger partial charge in [-0.1, -0.05) is 32.9 Å². The van der Waals surface area contributed by atoms with Gasteiger partial charge in [0, 0.05) is 6.42 Å². The molecule has 0 radical (unpaired) electrons. The van der Waals surface area contributed by atoms with Gasteiger partial charge in [0.2, 0.25) is 6.10 Å². The van der Waals surface area contributed by atoms with E-state index >= 15 is 0 Å². The molecule has 0 aliphatic heterocycles. The van der Waals surface area contributed by atoms with Gasteiger partial charge in [0.1, 0.15) is 23.7 Å². The second kappa shape index (κ2) is 15.4. The highest BCUT2D eigenvalue weighted by Gasteiger charge is 2.71. The molecule has 4 saturated carbocycles. The van der Waals surface area contributed by atoms with Crippen LogP contribution in [0.25, 0.3) is 0 Å². The largest absolute Gasteiger partial charge is 0.490 e. The number of esters is 2. The van der Waals surface area contributed by atoms with Gasteiger partial charge in [0.15, 0.2) is 0 Å². The topological polar surface area (TPSA) is 136 Å². The normalized spacial score (nSPS) is 25.9. The number of hydrogen-bond donors (Lipinski definition) is 2. The molecule has 4 aliphatic carbocycles. The van der Waals surface area contributed by atoms with Crippen LogP contribution in [0.4, 0.5) is 39.5 Å². The van der Waals surface area contributed by atoms with Crippen LogP contribution in [-0.4, -0.2) is 78.2 Å². The molecule has 4 aliphatic rings. The van der Waals surface area contributed by atoms with Crippen molar-refractivity contribution in [3.63, 3.8) is 0 Å². The molecule has 0 amide bonds. The molecule has 53 heavy (non-hydrogen) atoms. The van der Waals surface area contributed by atoms with Gasteiger partial charge in [-0.25, -0.2) is 0 Å². The predicted molar refractivity (Wildman–Crippen MR) is 170 cm³/mol. The first kappa shape index (κ1) is 44.6. The molecule has 2 N–H and O–H groups in total. The smallest absolute Gasteiger partial charge is 0.429 e. The molecule has 1 aromatic carbocycles. The zero-order valence-electron chi connectivity index (χ0n) is 29.8. The van der Waals surface area contributed by atoms with Gasteiger partial charge in [-0.2, -0.15) is 47.9 Å². The van der Waals surface area contributed by atoms with Gasteiger partial charge in [-0.15, -0.1) is 0 Å². The number of halogens is 9. The van der Waals surface area contributed by atoms with E-state index in [0.717, 1.165) is 18.4 Å². The lowest BCUT2D eigenvalue weighted by atomic mass is 9.48. The van der Waals surface area contributed by atoms with Crippen LogP contribution in [0.1, 0.15) is 97.5 Å². The second-order valence-electron chi connectivity index (χ2n) is 15.3. The average Bonchev–Trinajstić information content (AvgIpc) is 3.00. The number of rotatable bonds is 12. The SMILES string of the molecule is CCC(C)(C)C(=O)OC12CC3CC(C1)CC(C(=O)OC(CS(=O)(=O)O)C(F)(F)F)(C3)C2.CCC(C)c1cccc(OCC(O)(C(F)(F)F)C(F)(F)F)c1. The van der Waals surface area contributed by atoms with Gasteiger partial charge in [-0.3, -0.25) is 14.1 Å². The van der Waals surface area contributed by atoms with Crippen molar-refractivity contribution >= 4 is 22.1 Å². The van der Waals surface area contributed by atoms with E-state index in [1.54, 1.807) is 19.9 Å². The molecule has 0 heterocycles. The lowest BCUT2D eigenvalue weighted by Crippen LogP contribution is -2.61. The first-order valence-electron chi connectivity index (χ1n) is 17.0. The van der Waals surface area contributed by atoms with Crippen molar-refractivity contribution in [2.45, 2.75) is 128 Å². The molecule has 0 aromatic heterocycles. The molecule has 9 nitrogen and oxygen atoms in total. The Morgan fingerprint density at radius 3 is 1.94 bits per heavy atom. The summed E-state index contributed by atoms with van der Waals surface area (Å²) in [6.45, 7) is 7.16. The molecule has 0 saturated heterocycles. The summed E-state index contributed by atoms with van der Waals surface area (Å²) in [6, 6.07) is 5.76. The van der Waals surface area contributed by atoms with Crippen LogP contribution in [0, 0.1) is 22.7 Å². The van der Waals surface area contributed by atoms with Crippen LogP contribution in [0.3, 0.4) is 0 Å². The van der Waals surface area contributed by atoms with E-state index in [-0.39, 0.29) is 29.9 Å². The standard InChI is InChI=1S/C20H29F3O7S.C14H16F6O2/c1-4-17(2,3)15(24)30-19-8-12-5-13(9-19)7-18(6-12,11-19)16(25)29-14(20(21,22)23)10-31(26,27)28;1-3-9(2)10-5-4-6-11(7-10)22-8-12(21,13(15,16)17)14(18,19)20/h12-14H,4-11H2,1-3H3,(H,26,27,28);4-7,9,21H,3,8H2,1-2H3. The summed E-state index contributed by atoms with van der Waals surface area (Å²) in [5.74, 6) is -3.36. The molecule has 4 atom stereocenters. The Kier molecular flexibility index (Phi) is 12.9. The maximum absolute atomic E-state index is 13.3. The minimum atomic E-state index is -5.89. The quantitative estimate of drug-likeness (QED) is 0.122. The van der Waals surface area contributed by atoms with E-state index in [4.69, 9.17) is 14.4 Å². The summed E-state index contributed by atoms with van der Waals surface area (Å²) in [4.78, 5) is 25.7. The fourth-order valence-corrected chi connectivity index (χ4v) is 7.96. The van der Waals surface area contributed by atoms with Crippen molar-refractivity contribution in [1.82, 2.24) is 0 Å². The highest BCUT2D eigenvalue weighted by atomic mass is 32.2. The van der Waals surface area contributed by atoms with Crippen molar-refractivity contribution in [2.24, 2.45) is 22.7 Å². The maximum atomic E-state index is 13.3. The summed E-state index contributed by atoms with van der Waals surface area (Å²) in [6.07, 6.45) is -16.0. The van der Waals surface area contributed by atoms with Gasteiger partial charge in [0.05, 0.1) is 10.8 Å². The molecule has 1 aromatic rings. The molecular weight excluding hydrogens is 755 g/mol. The lowest BCUT2D eigenvalue weighted by molar-refractivity contribution is -0.373. The molecular formula is C34H45F9O9S. The summed E-state index contributed by atoms with van der Waals surface area (Å²) in [5.41, 5.74) is -7.10. The first-order valence-corrected chi connectivity index (χ1v) is 18.6. The zero-order chi connectivity index (χ0) is 40.6. The summed E-state index contributed by atoms with van der Waals surface area (Å²) >= 11 is 0. The Balaban J connectivity index is 0.000000304. The van der Waals surface area contributed by atoms with E-state index < -0.39 is 81.1 Å². The van der Waals surface area contributed by atoms with E-state index in [1.807, 2.05) is 20.8 Å². The van der Waals surface area contributed by atoms with Crippen LogP contribution in [0.5, 0.6) is 5.75 Å². The van der Waals surface area contributed by atoms with Crippen molar-refractivity contribution in [3.05, 3.63) is 29.8 Å². The van der Waals surface area contributed by atoms with Crippen molar-refractivity contribution < 1.29 is 81.4 Å². The number of benzene rings is 1. The monoisotopic (exact) mass is 800 g/mol. The van der Waals surface area contributed by atoms with E-state index in [2.05, 4.69) is 9.47 Å². The fourth-order valence-electron chi connectivity index (χ4n) is 7.32. The Labute approximate surface area is 301 Å². The van der Waals surface area contributed by atoms with E-state index in [0.29, 0.717) is 32.1 Å². The third-order valence-corrected chi connectivity index (χ3v) is 11.3. The third kappa shape index (κ3) is 10.5. The number of hydrogen-bond acceptors (Lipinski definition) is 8. The average molecular weight is 801 g/mol. The maximum Gasteiger partial charge on any atom is 0.429 e. The van der Waals surface area contributed by atoms with Crippen LogP contribution in [0.2, 0.25) is 0 Å². The van der Waals surface area contributed by atoms with Crippen molar-refractivity contribution in [1.29, 1.82) is 0 Å². The van der Waals surface area contributed by atoms with Crippen molar-refractivity contribution in [2.75, 3.05) is 12.4 Å². The Hall–Kier alpha value is -2.80. The molecule has 4 unspecified atom stereocenters. The minimum Gasteiger partial charge on any atom is -0.490 e. The predicted octanol–water partition coefficient (Wildman–Crippen LogP) is 8.10. The molecule has 0 spiro atoms. The van der Waals surface area contributed by atoms with E-state index in [9.17, 15) is 57.5 Å². The molecule has 304 valence electrons. The third-order valence-electron chi connectivity index (χ3n) is 10.6. The van der Waals surface area contributed by atoms with Crippen LogP contribution in [-0.2, 0) is 29.2 Å². The fraction of sp³-hybridized carbons (Fsp3) is 0.765. The Bertz CT molecular complexity index is 1540.